The van der Waals surface area contributed by atoms with Crippen molar-refractivity contribution in [2.24, 2.45) is 0 Å². The molecule has 1 amide bonds. The van der Waals surface area contributed by atoms with Gasteiger partial charge in [-0.2, -0.15) is 0 Å². The third-order valence-corrected chi connectivity index (χ3v) is 5.00. The zero-order valence-electron chi connectivity index (χ0n) is 16.1. The molecule has 29 heavy (non-hydrogen) atoms. The molecule has 4 rings (SSSR count). The molecule has 0 radical (unpaired) electrons. The van der Waals surface area contributed by atoms with Gasteiger partial charge in [-0.1, -0.05) is 30.3 Å². The number of nitrogens with zero attached hydrogens (tertiary/aromatic N) is 3. The fraction of sp³-hybridized carbons (Fsp3) is 0.174. The quantitative estimate of drug-likeness (QED) is 0.530. The van der Waals surface area contributed by atoms with E-state index in [2.05, 4.69) is 15.0 Å². The number of halogens is 1. The van der Waals surface area contributed by atoms with Gasteiger partial charge in [0.2, 0.25) is 0 Å². The number of carbonyl (C=O) groups is 1. The van der Waals surface area contributed by atoms with Crippen LogP contribution in [0.15, 0.2) is 67.1 Å². The minimum Gasteiger partial charge on any atom is -0.361 e. The van der Waals surface area contributed by atoms with Crippen LogP contribution in [0.25, 0.3) is 22.2 Å². The maximum atomic E-state index is 13.6. The second-order valence-electron chi connectivity index (χ2n) is 6.76. The Balaban J connectivity index is 1.57. The molecule has 0 unspecified atom stereocenters. The van der Waals surface area contributed by atoms with Gasteiger partial charge in [0.1, 0.15) is 11.5 Å². The van der Waals surface area contributed by atoms with Crippen LogP contribution in [-0.2, 0) is 6.42 Å². The first-order valence-corrected chi connectivity index (χ1v) is 9.58. The van der Waals surface area contributed by atoms with Gasteiger partial charge in [-0.05, 0) is 37.1 Å². The van der Waals surface area contributed by atoms with Gasteiger partial charge in [0.05, 0.1) is 0 Å². The van der Waals surface area contributed by atoms with Crippen LogP contribution in [0.2, 0.25) is 0 Å². The van der Waals surface area contributed by atoms with E-state index < -0.39 is 0 Å². The number of hydrogen-bond donors (Lipinski definition) is 1. The molecule has 2 aromatic carbocycles. The van der Waals surface area contributed by atoms with Gasteiger partial charge < -0.3 is 9.88 Å². The summed E-state index contributed by atoms with van der Waals surface area (Å²) in [5.41, 5.74) is 3.63. The van der Waals surface area contributed by atoms with E-state index in [9.17, 15) is 9.18 Å². The van der Waals surface area contributed by atoms with E-state index >= 15 is 0 Å². The maximum Gasteiger partial charge on any atom is 0.274 e. The number of hydrogen-bond acceptors (Lipinski definition) is 3. The summed E-state index contributed by atoms with van der Waals surface area (Å²) in [7, 11) is 0. The lowest BCUT2D eigenvalue weighted by atomic mass is 10.1. The van der Waals surface area contributed by atoms with Crippen molar-refractivity contribution in [3.05, 3.63) is 84.2 Å². The summed E-state index contributed by atoms with van der Waals surface area (Å²) in [5, 5.41) is 0.845. The van der Waals surface area contributed by atoms with E-state index in [1.807, 2.05) is 43.5 Å². The Morgan fingerprint density at radius 3 is 2.69 bits per heavy atom. The van der Waals surface area contributed by atoms with Crippen molar-refractivity contribution in [3.8, 4) is 11.3 Å². The maximum absolute atomic E-state index is 13.6. The molecule has 146 valence electrons. The predicted molar refractivity (Wildman–Crippen MR) is 111 cm³/mol. The third-order valence-electron chi connectivity index (χ3n) is 5.00. The molecule has 0 atom stereocenters. The Morgan fingerprint density at radius 1 is 1.10 bits per heavy atom. The van der Waals surface area contributed by atoms with E-state index in [0.29, 0.717) is 30.9 Å². The lowest BCUT2D eigenvalue weighted by Crippen LogP contribution is -2.33. The Kier molecular flexibility index (Phi) is 5.33. The van der Waals surface area contributed by atoms with Crippen LogP contribution in [0, 0.1) is 5.82 Å². The Bertz CT molecular complexity index is 1140. The molecule has 0 bridgehead atoms. The number of nitrogens with one attached hydrogen (secondary N) is 1. The largest absolute Gasteiger partial charge is 0.361 e. The van der Waals surface area contributed by atoms with Crippen LogP contribution in [0.5, 0.6) is 0 Å². The average molecular weight is 388 g/mol. The second-order valence-corrected chi connectivity index (χ2v) is 6.76. The molecule has 5 nitrogen and oxygen atoms in total. The van der Waals surface area contributed by atoms with Crippen molar-refractivity contribution < 1.29 is 9.18 Å². The van der Waals surface area contributed by atoms with Gasteiger partial charge in [0, 0.05) is 48.1 Å². The summed E-state index contributed by atoms with van der Waals surface area (Å²) in [5.74, 6) is -0.431. The SMILES string of the molecule is CCN(CCc1c[nH]c2ccc(F)cc12)C(=O)c1nccnc1-c1ccccc1. The molecule has 0 aliphatic heterocycles. The summed E-state index contributed by atoms with van der Waals surface area (Å²) in [4.78, 5) is 26.8. The average Bonchev–Trinajstić information content (AvgIpc) is 3.16. The molecule has 0 saturated heterocycles. The molecular formula is C23H21FN4O. The molecule has 1 N–H and O–H groups in total. The fourth-order valence-corrected chi connectivity index (χ4v) is 3.47. The Morgan fingerprint density at radius 2 is 1.90 bits per heavy atom. The van der Waals surface area contributed by atoms with Crippen LogP contribution >= 0.6 is 0 Å². The van der Waals surface area contributed by atoms with Crippen molar-refractivity contribution in [1.29, 1.82) is 0 Å². The standard InChI is InChI=1S/C23H21FN4O/c1-2-28(13-10-17-15-27-20-9-8-18(24)14-19(17)20)23(29)22-21(25-11-12-26-22)16-6-4-3-5-7-16/h3-9,11-12,14-15,27H,2,10,13H2,1H3. The highest BCUT2D eigenvalue weighted by atomic mass is 19.1. The van der Waals surface area contributed by atoms with Crippen molar-refractivity contribution in [1.82, 2.24) is 19.9 Å². The van der Waals surface area contributed by atoms with Gasteiger partial charge in [-0.25, -0.2) is 9.37 Å². The summed E-state index contributed by atoms with van der Waals surface area (Å²) in [6.45, 7) is 2.98. The Labute approximate surface area is 168 Å². The predicted octanol–water partition coefficient (Wildman–Crippen LogP) is 4.47. The van der Waals surface area contributed by atoms with Gasteiger partial charge in [0.25, 0.3) is 5.91 Å². The molecular weight excluding hydrogens is 367 g/mol. The van der Waals surface area contributed by atoms with Gasteiger partial charge in [-0.3, -0.25) is 9.78 Å². The molecule has 6 heteroatoms. The van der Waals surface area contributed by atoms with Crippen LogP contribution in [0.3, 0.4) is 0 Å². The smallest absolute Gasteiger partial charge is 0.274 e. The van der Waals surface area contributed by atoms with Crippen LogP contribution in [0.1, 0.15) is 23.0 Å². The minimum absolute atomic E-state index is 0.162. The molecule has 0 spiro atoms. The van der Waals surface area contributed by atoms with Crippen LogP contribution in [-0.4, -0.2) is 38.8 Å². The van der Waals surface area contributed by atoms with Crippen molar-refractivity contribution in [2.75, 3.05) is 13.1 Å². The number of amides is 1. The molecule has 0 aliphatic rings. The van der Waals surface area contributed by atoms with E-state index in [-0.39, 0.29) is 11.7 Å². The first-order valence-electron chi connectivity index (χ1n) is 9.58. The zero-order valence-corrected chi connectivity index (χ0v) is 16.1. The molecule has 0 aliphatic carbocycles. The number of fused-ring (bicyclic) bond motifs is 1. The minimum atomic E-state index is -0.270. The highest BCUT2D eigenvalue weighted by Crippen LogP contribution is 2.22. The van der Waals surface area contributed by atoms with Crippen molar-refractivity contribution in [2.45, 2.75) is 13.3 Å². The highest BCUT2D eigenvalue weighted by molar-refractivity contribution is 5.98. The van der Waals surface area contributed by atoms with E-state index in [4.69, 9.17) is 0 Å². The Hall–Kier alpha value is -3.54. The number of likely N-dealkylation sites (N-methyl/N-ethyl adjacent to an activating group) is 1. The number of benzene rings is 2. The number of H-pyrrole nitrogens is 1. The van der Waals surface area contributed by atoms with Crippen molar-refractivity contribution in [3.63, 3.8) is 0 Å². The fourth-order valence-electron chi connectivity index (χ4n) is 3.47. The number of aromatic amines is 1. The van der Waals surface area contributed by atoms with Crippen LogP contribution < -0.4 is 0 Å². The first kappa shape index (κ1) is 18.8. The number of rotatable bonds is 6. The number of aromatic nitrogens is 3. The summed E-state index contributed by atoms with van der Waals surface area (Å²) >= 11 is 0. The summed E-state index contributed by atoms with van der Waals surface area (Å²) in [6.07, 6.45) is 5.62. The molecule has 0 saturated carbocycles. The lowest BCUT2D eigenvalue weighted by Gasteiger charge is -2.21. The van der Waals surface area contributed by atoms with E-state index in [0.717, 1.165) is 22.0 Å². The number of carbonyl (C=O) groups excluding carboxylic acids is 1. The van der Waals surface area contributed by atoms with Gasteiger partial charge in [-0.15, -0.1) is 0 Å². The second kappa shape index (κ2) is 8.22. The molecule has 2 heterocycles. The zero-order chi connectivity index (χ0) is 20.2. The highest BCUT2D eigenvalue weighted by Gasteiger charge is 2.21. The normalized spacial score (nSPS) is 11.0. The third kappa shape index (κ3) is 3.87. The molecule has 4 aromatic rings. The summed E-state index contributed by atoms with van der Waals surface area (Å²) in [6, 6.07) is 14.2. The molecule has 0 fully saturated rings. The monoisotopic (exact) mass is 388 g/mol. The first-order chi connectivity index (χ1) is 14.2. The molecule has 2 aromatic heterocycles. The van der Waals surface area contributed by atoms with Crippen LogP contribution in [0.4, 0.5) is 4.39 Å². The van der Waals surface area contributed by atoms with E-state index in [1.165, 1.54) is 18.3 Å². The lowest BCUT2D eigenvalue weighted by molar-refractivity contribution is 0.0761. The van der Waals surface area contributed by atoms with E-state index in [1.54, 1.807) is 17.2 Å². The van der Waals surface area contributed by atoms with Gasteiger partial charge in [0.15, 0.2) is 5.69 Å². The van der Waals surface area contributed by atoms with Gasteiger partial charge >= 0.3 is 0 Å². The van der Waals surface area contributed by atoms with Crippen molar-refractivity contribution >= 4 is 16.8 Å². The topological polar surface area (TPSA) is 61.9 Å². The summed E-state index contributed by atoms with van der Waals surface area (Å²) < 4.78 is 13.6.